The fourth-order valence-electron chi connectivity index (χ4n) is 2.86. The predicted octanol–water partition coefficient (Wildman–Crippen LogP) is -4.47. The molecule has 2 rings (SSSR count). The molecule has 2 aliphatic heterocycles. The van der Waals surface area contributed by atoms with Crippen molar-refractivity contribution in [3.63, 3.8) is 0 Å². The van der Waals surface area contributed by atoms with E-state index in [4.69, 9.17) is 24.4 Å². The maximum Gasteiger partial charge on any atom is 0.121 e. The normalized spacial score (nSPS) is 46.4. The van der Waals surface area contributed by atoms with Crippen molar-refractivity contribution in [3.05, 3.63) is 6.42 Å². The number of hydrogen-bond donors (Lipinski definition) is 7. The zero-order chi connectivity index (χ0) is 17.9. The van der Waals surface area contributed by atoms with Gasteiger partial charge in [0.15, 0.2) is 0 Å². The molecule has 2 saturated heterocycles. The number of aliphatic hydroxyl groups excluding tert-OH is 7. The third-order valence-electron chi connectivity index (χ3n) is 4.31. The Hall–Kier alpha value is -0.400. The van der Waals surface area contributed by atoms with Crippen molar-refractivity contribution < 1.29 is 50.0 Å². The van der Waals surface area contributed by atoms with Gasteiger partial charge in [0.2, 0.25) is 0 Å². The van der Waals surface area contributed by atoms with E-state index >= 15 is 0 Å². The summed E-state index contributed by atoms with van der Waals surface area (Å²) in [7, 11) is 0. The van der Waals surface area contributed by atoms with E-state index in [9.17, 15) is 25.5 Å². The lowest BCUT2D eigenvalue weighted by molar-refractivity contribution is -0.242. The van der Waals surface area contributed by atoms with Crippen LogP contribution in [0, 0.1) is 6.42 Å². The lowest BCUT2D eigenvalue weighted by atomic mass is 9.95. The van der Waals surface area contributed by atoms with Gasteiger partial charge in [-0.1, -0.05) is 0 Å². The van der Waals surface area contributed by atoms with Gasteiger partial charge in [0.25, 0.3) is 0 Å². The lowest BCUT2D eigenvalue weighted by Gasteiger charge is -2.40. The van der Waals surface area contributed by atoms with Gasteiger partial charge in [0, 0.05) is 6.42 Å². The van der Waals surface area contributed by atoms with Crippen LogP contribution in [0.3, 0.4) is 0 Å². The molecule has 2 heterocycles. The van der Waals surface area contributed by atoms with Crippen molar-refractivity contribution in [2.24, 2.45) is 0 Å². The molecule has 24 heavy (non-hydrogen) atoms. The number of hydrogen-bond acceptors (Lipinski definition) is 10. The lowest BCUT2D eigenvalue weighted by Crippen LogP contribution is -2.59. The molecule has 0 bridgehead atoms. The molecule has 0 amide bonds. The van der Waals surface area contributed by atoms with Gasteiger partial charge in [-0.3, -0.25) is 0 Å². The van der Waals surface area contributed by atoms with Crippen LogP contribution in [0.5, 0.6) is 0 Å². The summed E-state index contributed by atoms with van der Waals surface area (Å²) < 4.78 is 16.1. The molecule has 0 spiro atoms. The highest BCUT2D eigenvalue weighted by molar-refractivity contribution is 5.08. The summed E-state index contributed by atoms with van der Waals surface area (Å²) in [4.78, 5) is 0. The van der Waals surface area contributed by atoms with E-state index in [2.05, 4.69) is 0 Å². The van der Waals surface area contributed by atoms with E-state index in [1.54, 1.807) is 0 Å². The van der Waals surface area contributed by atoms with E-state index in [1.807, 2.05) is 0 Å². The number of ether oxygens (including phenoxy) is 3. The molecule has 8 atom stereocenters. The van der Waals surface area contributed by atoms with E-state index in [0.717, 1.165) is 0 Å². The summed E-state index contributed by atoms with van der Waals surface area (Å²) in [6.07, 6.45) is -7.00. The minimum atomic E-state index is -1.49. The Morgan fingerprint density at radius 2 is 1.50 bits per heavy atom. The van der Waals surface area contributed by atoms with Crippen LogP contribution in [-0.2, 0) is 14.2 Å². The van der Waals surface area contributed by atoms with Gasteiger partial charge in [0.05, 0.1) is 39.1 Å². The van der Waals surface area contributed by atoms with Gasteiger partial charge >= 0.3 is 0 Å². The topological polar surface area (TPSA) is 169 Å². The molecule has 0 saturated carbocycles. The van der Waals surface area contributed by atoms with E-state index in [1.165, 1.54) is 6.42 Å². The molecule has 7 N–H and O–H groups in total. The first-order valence-corrected chi connectivity index (χ1v) is 7.69. The van der Waals surface area contributed by atoms with Crippen molar-refractivity contribution in [1.82, 2.24) is 0 Å². The SMILES string of the molecule is OCC1OC(CO)(COCC2OC(CO)C(O)C(O)C2O)[CH]C1O. The smallest absolute Gasteiger partial charge is 0.121 e. The summed E-state index contributed by atoms with van der Waals surface area (Å²) in [5.41, 5.74) is -1.30. The largest absolute Gasteiger partial charge is 0.394 e. The molecule has 0 aliphatic carbocycles. The molecule has 2 aliphatic rings. The maximum atomic E-state index is 9.90. The van der Waals surface area contributed by atoms with Crippen molar-refractivity contribution in [2.75, 3.05) is 33.0 Å². The molecule has 2 fully saturated rings. The summed E-state index contributed by atoms with van der Waals surface area (Å²) >= 11 is 0. The fraction of sp³-hybridized carbons (Fsp3) is 0.929. The molecule has 10 heteroatoms. The first-order chi connectivity index (χ1) is 11.4. The molecular formula is C14H25O10. The Bertz CT molecular complexity index is 394. The molecule has 0 aromatic rings. The molecule has 141 valence electrons. The average Bonchev–Trinajstić information content (AvgIpc) is 2.91. The van der Waals surface area contributed by atoms with Crippen LogP contribution in [-0.4, -0.2) is 117 Å². The number of rotatable bonds is 7. The monoisotopic (exact) mass is 353 g/mol. The van der Waals surface area contributed by atoms with Gasteiger partial charge in [-0.2, -0.15) is 0 Å². The van der Waals surface area contributed by atoms with Crippen LogP contribution in [0.1, 0.15) is 0 Å². The molecule has 10 nitrogen and oxygen atoms in total. The summed E-state index contributed by atoms with van der Waals surface area (Å²) in [6.45, 7) is -1.85. The van der Waals surface area contributed by atoms with Gasteiger partial charge < -0.3 is 50.0 Å². The summed E-state index contributed by atoms with van der Waals surface area (Å²) in [5.74, 6) is 0. The standard InChI is InChI=1S/C14H25O10/c15-2-8-7(18)1-14(5-17,24-8)6-22-4-10-12(20)13(21)11(19)9(3-16)23-10/h1,7-13,15-21H,2-6H2. The van der Waals surface area contributed by atoms with Crippen molar-refractivity contribution in [3.8, 4) is 0 Å². The highest BCUT2D eigenvalue weighted by Gasteiger charge is 2.47. The Morgan fingerprint density at radius 3 is 2.04 bits per heavy atom. The highest BCUT2D eigenvalue weighted by atomic mass is 16.6. The fourth-order valence-corrected chi connectivity index (χ4v) is 2.86. The Kier molecular flexibility index (Phi) is 6.90. The number of aliphatic hydroxyl groups is 7. The van der Waals surface area contributed by atoms with Crippen LogP contribution < -0.4 is 0 Å². The molecule has 1 radical (unpaired) electrons. The van der Waals surface area contributed by atoms with Crippen molar-refractivity contribution in [2.45, 2.75) is 48.3 Å². The van der Waals surface area contributed by atoms with Gasteiger partial charge in [-0.25, -0.2) is 0 Å². The second-order valence-corrected chi connectivity index (χ2v) is 6.10. The van der Waals surface area contributed by atoms with E-state index in [0.29, 0.717) is 0 Å². The highest BCUT2D eigenvalue weighted by Crippen LogP contribution is 2.30. The van der Waals surface area contributed by atoms with Crippen LogP contribution in [0.25, 0.3) is 0 Å². The second kappa shape index (κ2) is 8.32. The zero-order valence-electron chi connectivity index (χ0n) is 13.0. The van der Waals surface area contributed by atoms with Gasteiger partial charge in [-0.05, 0) is 0 Å². The van der Waals surface area contributed by atoms with Gasteiger partial charge in [0.1, 0.15) is 42.2 Å². The first-order valence-electron chi connectivity index (χ1n) is 7.69. The predicted molar refractivity (Wildman–Crippen MR) is 76.7 cm³/mol. The average molecular weight is 353 g/mol. The van der Waals surface area contributed by atoms with Crippen molar-refractivity contribution >= 4 is 0 Å². The van der Waals surface area contributed by atoms with Crippen LogP contribution in [0.4, 0.5) is 0 Å². The third kappa shape index (κ3) is 4.05. The Morgan fingerprint density at radius 1 is 0.875 bits per heavy atom. The zero-order valence-corrected chi connectivity index (χ0v) is 13.0. The summed E-state index contributed by atoms with van der Waals surface area (Å²) in [5, 5.41) is 66.7. The first kappa shape index (κ1) is 19.9. The van der Waals surface area contributed by atoms with Crippen LogP contribution in [0.2, 0.25) is 0 Å². The molecule has 0 aromatic carbocycles. The Balaban J connectivity index is 1.88. The Labute approximate surface area is 138 Å². The minimum absolute atomic E-state index is 0.188. The minimum Gasteiger partial charge on any atom is -0.394 e. The molecule has 8 unspecified atom stereocenters. The van der Waals surface area contributed by atoms with Gasteiger partial charge in [-0.15, -0.1) is 0 Å². The maximum absolute atomic E-state index is 9.90. The quantitative estimate of drug-likeness (QED) is 0.237. The molecule has 0 aromatic heterocycles. The van der Waals surface area contributed by atoms with Crippen molar-refractivity contribution in [1.29, 1.82) is 0 Å². The second-order valence-electron chi connectivity index (χ2n) is 6.10. The summed E-state index contributed by atoms with van der Waals surface area (Å²) in [6, 6.07) is 0. The third-order valence-corrected chi connectivity index (χ3v) is 4.31. The van der Waals surface area contributed by atoms with E-state index in [-0.39, 0.29) is 13.2 Å². The van der Waals surface area contributed by atoms with Crippen LogP contribution >= 0.6 is 0 Å². The van der Waals surface area contributed by atoms with E-state index < -0.39 is 68.1 Å². The van der Waals surface area contributed by atoms with Crippen LogP contribution in [0.15, 0.2) is 0 Å². The molecular weight excluding hydrogens is 328 g/mol.